The standard InChI is InChI=1S/C18H23NO3S/c1-14-5-3-6-16(11-14)22-9-4-7-17(20)19-13-18(2,21)15-8-10-23-12-15/h3,5-6,8,10-12,21H,4,7,9,13H2,1-2H3,(H,19,20). The van der Waals surface area contributed by atoms with Crippen LogP contribution >= 0.6 is 11.3 Å². The third-order valence-corrected chi connectivity index (χ3v) is 4.26. The highest BCUT2D eigenvalue weighted by Crippen LogP contribution is 2.22. The molecule has 2 aromatic rings. The van der Waals surface area contributed by atoms with Crippen LogP contribution in [-0.4, -0.2) is 24.2 Å². The van der Waals surface area contributed by atoms with Crippen LogP contribution < -0.4 is 10.1 Å². The first-order chi connectivity index (χ1) is 11.0. The summed E-state index contributed by atoms with van der Waals surface area (Å²) >= 11 is 1.53. The van der Waals surface area contributed by atoms with Gasteiger partial charge in [-0.2, -0.15) is 11.3 Å². The Labute approximate surface area is 141 Å². The molecule has 0 fully saturated rings. The van der Waals surface area contributed by atoms with Crippen LogP contribution in [0, 0.1) is 6.92 Å². The molecular weight excluding hydrogens is 310 g/mol. The molecule has 124 valence electrons. The topological polar surface area (TPSA) is 58.6 Å². The molecule has 0 aliphatic carbocycles. The van der Waals surface area contributed by atoms with Crippen LogP contribution in [0.1, 0.15) is 30.9 Å². The van der Waals surface area contributed by atoms with Crippen molar-refractivity contribution in [2.24, 2.45) is 0 Å². The smallest absolute Gasteiger partial charge is 0.220 e. The van der Waals surface area contributed by atoms with Gasteiger partial charge in [0, 0.05) is 6.42 Å². The Balaban J connectivity index is 1.65. The molecule has 0 aliphatic heterocycles. The molecule has 1 atom stereocenters. The zero-order valence-electron chi connectivity index (χ0n) is 13.5. The second-order valence-corrected chi connectivity index (χ2v) is 6.61. The molecule has 1 unspecified atom stereocenters. The fourth-order valence-corrected chi connectivity index (χ4v) is 2.94. The van der Waals surface area contributed by atoms with E-state index in [9.17, 15) is 9.90 Å². The zero-order chi connectivity index (χ0) is 16.7. The maximum atomic E-state index is 11.8. The number of thiophene rings is 1. The van der Waals surface area contributed by atoms with Crippen molar-refractivity contribution < 1.29 is 14.6 Å². The van der Waals surface area contributed by atoms with Crippen LogP contribution in [0.15, 0.2) is 41.1 Å². The molecule has 2 N–H and O–H groups in total. The van der Waals surface area contributed by atoms with Gasteiger partial charge in [-0.15, -0.1) is 0 Å². The monoisotopic (exact) mass is 333 g/mol. The van der Waals surface area contributed by atoms with Crippen molar-refractivity contribution in [2.45, 2.75) is 32.3 Å². The molecule has 1 aromatic heterocycles. The minimum atomic E-state index is -1.03. The molecule has 0 saturated carbocycles. The SMILES string of the molecule is Cc1cccc(OCCCC(=O)NCC(C)(O)c2ccsc2)c1. The van der Waals surface area contributed by atoms with E-state index in [0.717, 1.165) is 16.9 Å². The first-order valence-electron chi connectivity index (χ1n) is 7.68. The number of benzene rings is 1. The number of rotatable bonds is 8. The van der Waals surface area contributed by atoms with Crippen molar-refractivity contribution in [1.29, 1.82) is 0 Å². The number of aryl methyl sites for hydroxylation is 1. The summed E-state index contributed by atoms with van der Waals surface area (Å²) in [6, 6.07) is 9.71. The fraction of sp³-hybridized carbons (Fsp3) is 0.389. The van der Waals surface area contributed by atoms with Crippen LogP contribution in [0.2, 0.25) is 0 Å². The van der Waals surface area contributed by atoms with Gasteiger partial charge in [-0.05, 0) is 60.4 Å². The van der Waals surface area contributed by atoms with Gasteiger partial charge in [-0.1, -0.05) is 12.1 Å². The second-order valence-electron chi connectivity index (χ2n) is 5.83. The molecule has 0 spiro atoms. The van der Waals surface area contributed by atoms with E-state index < -0.39 is 5.60 Å². The number of hydrogen-bond donors (Lipinski definition) is 2. The molecule has 23 heavy (non-hydrogen) atoms. The van der Waals surface area contributed by atoms with Gasteiger partial charge in [-0.25, -0.2) is 0 Å². The molecule has 2 rings (SSSR count). The van der Waals surface area contributed by atoms with Crippen molar-refractivity contribution in [3.63, 3.8) is 0 Å². The number of nitrogens with one attached hydrogen (secondary N) is 1. The average Bonchev–Trinajstić information content (AvgIpc) is 3.05. The van der Waals surface area contributed by atoms with Gasteiger partial charge < -0.3 is 15.2 Å². The van der Waals surface area contributed by atoms with Crippen molar-refractivity contribution in [3.05, 3.63) is 52.2 Å². The third kappa shape index (κ3) is 5.69. The molecule has 1 heterocycles. The molecule has 0 bridgehead atoms. The zero-order valence-corrected chi connectivity index (χ0v) is 14.4. The van der Waals surface area contributed by atoms with Crippen molar-refractivity contribution in [1.82, 2.24) is 5.32 Å². The quantitative estimate of drug-likeness (QED) is 0.729. The van der Waals surface area contributed by atoms with E-state index in [-0.39, 0.29) is 12.5 Å². The predicted octanol–water partition coefficient (Wildman–Crippen LogP) is 3.24. The molecule has 0 saturated heterocycles. The van der Waals surface area contributed by atoms with Crippen LogP contribution in [-0.2, 0) is 10.4 Å². The van der Waals surface area contributed by atoms with E-state index >= 15 is 0 Å². The maximum Gasteiger partial charge on any atom is 0.220 e. The molecule has 0 aliphatic rings. The number of ether oxygens (including phenoxy) is 1. The summed E-state index contributed by atoms with van der Waals surface area (Å²) < 4.78 is 5.61. The molecular formula is C18H23NO3S. The van der Waals surface area contributed by atoms with Crippen molar-refractivity contribution in [2.75, 3.05) is 13.2 Å². The first-order valence-corrected chi connectivity index (χ1v) is 8.63. The second kappa shape index (κ2) is 8.13. The number of aliphatic hydroxyl groups is 1. The Morgan fingerprint density at radius 3 is 2.91 bits per heavy atom. The van der Waals surface area contributed by atoms with Crippen LogP contribution in [0.4, 0.5) is 0 Å². The average molecular weight is 333 g/mol. The van der Waals surface area contributed by atoms with Crippen LogP contribution in [0.5, 0.6) is 5.75 Å². The Morgan fingerprint density at radius 1 is 1.39 bits per heavy atom. The largest absolute Gasteiger partial charge is 0.494 e. The molecule has 4 nitrogen and oxygen atoms in total. The summed E-state index contributed by atoms with van der Waals surface area (Å²) in [6.45, 7) is 4.43. The summed E-state index contributed by atoms with van der Waals surface area (Å²) in [5, 5.41) is 16.9. The number of hydrogen-bond acceptors (Lipinski definition) is 4. The van der Waals surface area contributed by atoms with E-state index in [2.05, 4.69) is 5.32 Å². The maximum absolute atomic E-state index is 11.8. The lowest BCUT2D eigenvalue weighted by atomic mass is 9.99. The van der Waals surface area contributed by atoms with Gasteiger partial charge in [0.2, 0.25) is 5.91 Å². The normalized spacial score (nSPS) is 13.3. The van der Waals surface area contributed by atoms with Gasteiger partial charge >= 0.3 is 0 Å². The van der Waals surface area contributed by atoms with Gasteiger partial charge in [0.15, 0.2) is 0 Å². The summed E-state index contributed by atoms with van der Waals surface area (Å²) in [7, 11) is 0. The third-order valence-electron chi connectivity index (χ3n) is 3.58. The molecule has 1 amide bonds. The Kier molecular flexibility index (Phi) is 6.19. The van der Waals surface area contributed by atoms with E-state index in [1.807, 2.05) is 48.0 Å². The highest BCUT2D eigenvalue weighted by atomic mass is 32.1. The van der Waals surface area contributed by atoms with Gasteiger partial charge in [-0.3, -0.25) is 4.79 Å². The van der Waals surface area contributed by atoms with E-state index in [1.54, 1.807) is 6.92 Å². The molecule has 0 radical (unpaired) electrons. The lowest BCUT2D eigenvalue weighted by molar-refractivity contribution is -0.122. The minimum Gasteiger partial charge on any atom is -0.494 e. The number of amides is 1. The first kappa shape index (κ1) is 17.5. The van der Waals surface area contributed by atoms with Gasteiger partial charge in [0.25, 0.3) is 0 Å². The Morgan fingerprint density at radius 2 is 2.22 bits per heavy atom. The highest BCUT2D eigenvalue weighted by molar-refractivity contribution is 7.08. The van der Waals surface area contributed by atoms with Crippen LogP contribution in [0.25, 0.3) is 0 Å². The summed E-state index contributed by atoms with van der Waals surface area (Å²) in [6.07, 6.45) is 1.02. The molecule has 1 aromatic carbocycles. The predicted molar refractivity (Wildman–Crippen MR) is 92.8 cm³/mol. The van der Waals surface area contributed by atoms with Crippen LogP contribution in [0.3, 0.4) is 0 Å². The lowest BCUT2D eigenvalue weighted by Gasteiger charge is -2.22. The Hall–Kier alpha value is -1.85. The van der Waals surface area contributed by atoms with Crippen molar-refractivity contribution >= 4 is 17.2 Å². The highest BCUT2D eigenvalue weighted by Gasteiger charge is 2.23. The van der Waals surface area contributed by atoms with E-state index in [0.29, 0.717) is 19.4 Å². The Bertz CT molecular complexity index is 623. The minimum absolute atomic E-state index is 0.0756. The van der Waals surface area contributed by atoms with Gasteiger partial charge in [0.05, 0.1) is 13.2 Å². The summed E-state index contributed by atoms with van der Waals surface area (Å²) in [5.74, 6) is 0.749. The van der Waals surface area contributed by atoms with Gasteiger partial charge in [0.1, 0.15) is 11.4 Å². The summed E-state index contributed by atoms with van der Waals surface area (Å²) in [5.41, 5.74) is 0.940. The number of carbonyl (C=O) groups excluding carboxylic acids is 1. The van der Waals surface area contributed by atoms with E-state index in [4.69, 9.17) is 4.74 Å². The van der Waals surface area contributed by atoms with Crippen molar-refractivity contribution in [3.8, 4) is 5.75 Å². The summed E-state index contributed by atoms with van der Waals surface area (Å²) in [4.78, 5) is 11.8. The molecule has 5 heteroatoms. The lowest BCUT2D eigenvalue weighted by Crippen LogP contribution is -2.38. The number of carbonyl (C=O) groups is 1. The fourth-order valence-electron chi connectivity index (χ4n) is 2.16. The van der Waals surface area contributed by atoms with E-state index in [1.165, 1.54) is 11.3 Å².